The highest BCUT2D eigenvalue weighted by Crippen LogP contribution is 2.21. The van der Waals surface area contributed by atoms with Crippen molar-refractivity contribution in [2.75, 3.05) is 5.73 Å². The predicted octanol–water partition coefficient (Wildman–Crippen LogP) is 3.13. The predicted molar refractivity (Wildman–Crippen MR) is 70.6 cm³/mol. The fraction of sp³-hybridized carbons (Fsp3) is 0.286. The van der Waals surface area contributed by atoms with Crippen molar-refractivity contribution in [1.29, 1.82) is 0 Å². The van der Waals surface area contributed by atoms with Gasteiger partial charge in [-0.05, 0) is 37.1 Å². The van der Waals surface area contributed by atoms with Gasteiger partial charge in [-0.3, -0.25) is 0 Å². The van der Waals surface area contributed by atoms with Crippen molar-refractivity contribution in [1.82, 2.24) is 9.97 Å². The minimum atomic E-state index is -0.265. The molecule has 0 aliphatic rings. The lowest BCUT2D eigenvalue weighted by Gasteiger charge is -2.06. The Morgan fingerprint density at radius 2 is 1.94 bits per heavy atom. The van der Waals surface area contributed by atoms with Crippen LogP contribution in [0.1, 0.15) is 24.7 Å². The fourth-order valence-corrected chi connectivity index (χ4v) is 1.89. The first-order chi connectivity index (χ1) is 8.58. The number of anilines is 1. The van der Waals surface area contributed by atoms with Crippen LogP contribution in [0.3, 0.4) is 0 Å². The Morgan fingerprint density at radius 3 is 2.61 bits per heavy atom. The van der Waals surface area contributed by atoms with Gasteiger partial charge in [-0.25, -0.2) is 14.4 Å². The molecule has 0 bridgehead atoms. The molecule has 0 saturated carbocycles. The van der Waals surface area contributed by atoms with E-state index in [4.69, 9.17) is 5.73 Å². The first-order valence-electron chi connectivity index (χ1n) is 5.99. The Labute approximate surface area is 106 Å². The Kier molecular flexibility index (Phi) is 3.55. The standard InChI is InChI=1S/C14H16FN3/c1-3-4-14-17-12(8-13(16)18-14)10-5-9(2)6-11(15)7-10/h5-8H,3-4H2,1-2H3,(H2,16,17,18). The number of rotatable bonds is 3. The van der Waals surface area contributed by atoms with E-state index < -0.39 is 0 Å². The maximum absolute atomic E-state index is 13.4. The van der Waals surface area contributed by atoms with Gasteiger partial charge in [-0.2, -0.15) is 0 Å². The first-order valence-corrected chi connectivity index (χ1v) is 5.99. The van der Waals surface area contributed by atoms with Crippen LogP contribution in [0.25, 0.3) is 11.3 Å². The first kappa shape index (κ1) is 12.5. The van der Waals surface area contributed by atoms with E-state index in [-0.39, 0.29) is 5.82 Å². The Balaban J connectivity index is 2.49. The summed E-state index contributed by atoms with van der Waals surface area (Å²) in [6.45, 7) is 3.91. The second-order valence-electron chi connectivity index (χ2n) is 4.36. The third-order valence-electron chi connectivity index (χ3n) is 2.60. The number of halogens is 1. The van der Waals surface area contributed by atoms with Crippen LogP contribution < -0.4 is 5.73 Å². The second kappa shape index (κ2) is 5.12. The molecule has 0 aliphatic heterocycles. The van der Waals surface area contributed by atoms with Crippen molar-refractivity contribution in [3.8, 4) is 11.3 Å². The molecule has 2 N–H and O–H groups in total. The highest BCUT2D eigenvalue weighted by atomic mass is 19.1. The van der Waals surface area contributed by atoms with Crippen LogP contribution >= 0.6 is 0 Å². The number of nitrogens with two attached hydrogens (primary N) is 1. The Hall–Kier alpha value is -1.97. The summed E-state index contributed by atoms with van der Waals surface area (Å²) in [5.74, 6) is 0.860. The van der Waals surface area contributed by atoms with Crippen molar-refractivity contribution < 1.29 is 4.39 Å². The van der Waals surface area contributed by atoms with E-state index in [1.54, 1.807) is 6.07 Å². The molecule has 1 heterocycles. The maximum Gasteiger partial charge on any atom is 0.131 e. The molecule has 0 fully saturated rings. The molecule has 1 aromatic heterocycles. The minimum absolute atomic E-state index is 0.265. The Bertz CT molecular complexity index is 547. The smallest absolute Gasteiger partial charge is 0.131 e. The van der Waals surface area contributed by atoms with Crippen LogP contribution in [0, 0.1) is 12.7 Å². The van der Waals surface area contributed by atoms with Crippen molar-refractivity contribution >= 4 is 5.82 Å². The van der Waals surface area contributed by atoms with Gasteiger partial charge in [0, 0.05) is 18.1 Å². The number of benzene rings is 1. The topological polar surface area (TPSA) is 51.8 Å². The molecule has 2 aromatic rings. The van der Waals surface area contributed by atoms with Crippen molar-refractivity contribution in [3.05, 3.63) is 41.5 Å². The molecule has 0 atom stereocenters. The summed E-state index contributed by atoms with van der Waals surface area (Å²) in [7, 11) is 0. The lowest BCUT2D eigenvalue weighted by molar-refractivity contribution is 0.627. The molecule has 4 heteroatoms. The molecule has 1 aromatic carbocycles. The van der Waals surface area contributed by atoms with E-state index in [1.807, 2.05) is 13.0 Å². The van der Waals surface area contributed by atoms with Gasteiger partial charge in [0.05, 0.1) is 5.69 Å². The third-order valence-corrected chi connectivity index (χ3v) is 2.60. The molecule has 0 radical (unpaired) electrons. The second-order valence-corrected chi connectivity index (χ2v) is 4.36. The maximum atomic E-state index is 13.4. The third kappa shape index (κ3) is 2.83. The van der Waals surface area contributed by atoms with Gasteiger partial charge in [-0.1, -0.05) is 6.92 Å². The van der Waals surface area contributed by atoms with E-state index in [1.165, 1.54) is 12.1 Å². The normalized spacial score (nSPS) is 10.6. The molecule has 18 heavy (non-hydrogen) atoms. The number of aromatic nitrogens is 2. The molecule has 0 amide bonds. The van der Waals surface area contributed by atoms with Crippen molar-refractivity contribution in [2.24, 2.45) is 0 Å². The zero-order valence-electron chi connectivity index (χ0n) is 10.6. The van der Waals surface area contributed by atoms with Crippen LogP contribution in [0.5, 0.6) is 0 Å². The van der Waals surface area contributed by atoms with Gasteiger partial charge in [-0.15, -0.1) is 0 Å². The van der Waals surface area contributed by atoms with Crippen LogP contribution in [0.4, 0.5) is 10.2 Å². The monoisotopic (exact) mass is 245 g/mol. The number of nitrogens with zero attached hydrogens (tertiary/aromatic N) is 2. The minimum Gasteiger partial charge on any atom is -0.384 e. The van der Waals surface area contributed by atoms with Crippen LogP contribution in [0.2, 0.25) is 0 Å². The lowest BCUT2D eigenvalue weighted by atomic mass is 10.1. The zero-order chi connectivity index (χ0) is 13.1. The highest BCUT2D eigenvalue weighted by molar-refractivity contribution is 5.62. The summed E-state index contributed by atoms with van der Waals surface area (Å²) in [5, 5.41) is 0. The molecule has 3 nitrogen and oxygen atoms in total. The summed E-state index contributed by atoms with van der Waals surface area (Å²) < 4.78 is 13.4. The van der Waals surface area contributed by atoms with E-state index in [2.05, 4.69) is 16.9 Å². The number of nitrogen functional groups attached to an aromatic ring is 1. The number of hydrogen-bond acceptors (Lipinski definition) is 3. The Morgan fingerprint density at radius 1 is 1.17 bits per heavy atom. The molecule has 0 unspecified atom stereocenters. The van der Waals surface area contributed by atoms with E-state index >= 15 is 0 Å². The van der Waals surface area contributed by atoms with Gasteiger partial charge in [0.15, 0.2) is 0 Å². The van der Waals surface area contributed by atoms with E-state index in [9.17, 15) is 4.39 Å². The molecule has 0 spiro atoms. The average Bonchev–Trinajstić information content (AvgIpc) is 2.27. The van der Waals surface area contributed by atoms with Crippen LogP contribution in [-0.2, 0) is 6.42 Å². The lowest BCUT2D eigenvalue weighted by Crippen LogP contribution is -2.01. The van der Waals surface area contributed by atoms with Gasteiger partial charge in [0.1, 0.15) is 17.5 Å². The largest absolute Gasteiger partial charge is 0.384 e. The van der Waals surface area contributed by atoms with Gasteiger partial charge >= 0.3 is 0 Å². The van der Waals surface area contributed by atoms with Crippen molar-refractivity contribution in [3.63, 3.8) is 0 Å². The summed E-state index contributed by atoms with van der Waals surface area (Å²) in [4.78, 5) is 8.58. The number of aryl methyl sites for hydroxylation is 2. The fourth-order valence-electron chi connectivity index (χ4n) is 1.89. The average molecular weight is 245 g/mol. The highest BCUT2D eigenvalue weighted by Gasteiger charge is 2.06. The quantitative estimate of drug-likeness (QED) is 0.903. The van der Waals surface area contributed by atoms with Gasteiger partial charge in [0.25, 0.3) is 0 Å². The van der Waals surface area contributed by atoms with E-state index in [0.717, 1.165) is 24.0 Å². The molecule has 0 saturated heterocycles. The van der Waals surface area contributed by atoms with Crippen LogP contribution in [-0.4, -0.2) is 9.97 Å². The van der Waals surface area contributed by atoms with Crippen molar-refractivity contribution in [2.45, 2.75) is 26.7 Å². The summed E-state index contributed by atoms with van der Waals surface area (Å²) in [6.07, 6.45) is 1.72. The zero-order valence-corrected chi connectivity index (χ0v) is 10.6. The summed E-state index contributed by atoms with van der Waals surface area (Å²) >= 11 is 0. The number of hydrogen-bond donors (Lipinski definition) is 1. The molecule has 94 valence electrons. The molecule has 0 aliphatic carbocycles. The SMILES string of the molecule is CCCc1nc(N)cc(-c2cc(C)cc(F)c2)n1. The molecular formula is C14H16FN3. The summed E-state index contributed by atoms with van der Waals surface area (Å²) in [5.41, 5.74) is 8.03. The van der Waals surface area contributed by atoms with E-state index in [0.29, 0.717) is 17.3 Å². The summed E-state index contributed by atoms with van der Waals surface area (Å²) in [6, 6.07) is 6.51. The molecule has 2 rings (SSSR count). The van der Waals surface area contributed by atoms with Crippen LogP contribution in [0.15, 0.2) is 24.3 Å². The van der Waals surface area contributed by atoms with Gasteiger partial charge < -0.3 is 5.73 Å². The molecular weight excluding hydrogens is 229 g/mol. The van der Waals surface area contributed by atoms with Gasteiger partial charge in [0.2, 0.25) is 0 Å².